The van der Waals surface area contributed by atoms with E-state index in [1.165, 1.54) is 11.6 Å². The van der Waals surface area contributed by atoms with Gasteiger partial charge in [-0.3, -0.25) is 4.79 Å². The van der Waals surface area contributed by atoms with E-state index in [4.69, 9.17) is 0 Å². The molecule has 0 radical (unpaired) electrons. The molecule has 0 unspecified atom stereocenters. The highest BCUT2D eigenvalue weighted by Crippen LogP contribution is 2.28. The Bertz CT molecular complexity index is 716. The van der Waals surface area contributed by atoms with Gasteiger partial charge in [-0.05, 0) is 56.7 Å². The van der Waals surface area contributed by atoms with Crippen molar-refractivity contribution < 1.29 is 4.79 Å². The molecule has 0 fully saturated rings. The molecule has 2 rings (SSSR count). The number of nitrogens with zero attached hydrogens (tertiary/aromatic N) is 2. The molecule has 0 atom stereocenters. The maximum atomic E-state index is 11.7. The Hall–Kier alpha value is -2.75. The van der Waals surface area contributed by atoms with Crippen molar-refractivity contribution in [1.29, 1.82) is 0 Å². The van der Waals surface area contributed by atoms with Crippen molar-refractivity contribution in [2.45, 2.75) is 20.8 Å². The van der Waals surface area contributed by atoms with Crippen LogP contribution in [0.15, 0.2) is 64.8 Å². The Kier molecular flexibility index (Phi) is 5.20. The number of amides is 1. The first-order chi connectivity index (χ1) is 10.6. The summed E-state index contributed by atoms with van der Waals surface area (Å²) in [6, 6.07) is 13.4. The fraction of sp³-hybridized carbons (Fsp3) is 0.167. The summed E-state index contributed by atoms with van der Waals surface area (Å²) in [6.07, 6.45) is 3.17. The summed E-state index contributed by atoms with van der Waals surface area (Å²) in [5.41, 5.74) is 4.28. The molecule has 1 amide bonds. The second-order valence-electron chi connectivity index (χ2n) is 5.05. The van der Waals surface area contributed by atoms with Gasteiger partial charge in [0, 0.05) is 0 Å². The smallest absolute Gasteiger partial charge is 0.248 e. The summed E-state index contributed by atoms with van der Waals surface area (Å²) in [4.78, 5) is 11.7. The van der Waals surface area contributed by atoms with Crippen LogP contribution in [0.3, 0.4) is 0 Å². The normalized spacial score (nSPS) is 11.2. The first-order valence-electron chi connectivity index (χ1n) is 7.11. The lowest BCUT2D eigenvalue weighted by atomic mass is 10.2. The predicted octanol–water partition coefficient (Wildman–Crippen LogP) is 5.23. The van der Waals surface area contributed by atoms with E-state index in [2.05, 4.69) is 15.5 Å². The third-order valence-electron chi connectivity index (χ3n) is 3.04. The highest BCUT2D eigenvalue weighted by Gasteiger charge is 2.05. The first-order valence-corrected chi connectivity index (χ1v) is 7.11. The molecular weight excluding hydrogens is 274 g/mol. The third kappa shape index (κ3) is 4.38. The molecule has 2 aromatic carbocycles. The van der Waals surface area contributed by atoms with Crippen molar-refractivity contribution in [3.05, 3.63) is 65.7 Å². The van der Waals surface area contributed by atoms with Crippen molar-refractivity contribution in [1.82, 2.24) is 0 Å². The average molecular weight is 293 g/mol. The Balaban J connectivity index is 2.26. The van der Waals surface area contributed by atoms with E-state index in [0.717, 1.165) is 11.3 Å². The minimum atomic E-state index is -0.181. The summed E-state index contributed by atoms with van der Waals surface area (Å²) in [5, 5.41) is 11.3. The van der Waals surface area contributed by atoms with Gasteiger partial charge in [0.2, 0.25) is 5.91 Å². The number of hydrogen-bond donors (Lipinski definition) is 1. The SMILES string of the molecule is CC=CC(=O)Nc1cc(C)ccc1N=Nc1ccc(C)cc1. The van der Waals surface area contributed by atoms with E-state index >= 15 is 0 Å². The Morgan fingerprint density at radius 1 is 1.00 bits per heavy atom. The summed E-state index contributed by atoms with van der Waals surface area (Å²) in [7, 11) is 0. The molecule has 0 aliphatic heterocycles. The van der Waals surface area contributed by atoms with Crippen molar-refractivity contribution in [3.63, 3.8) is 0 Å². The van der Waals surface area contributed by atoms with Crippen LogP contribution in [-0.4, -0.2) is 5.91 Å². The van der Waals surface area contributed by atoms with Gasteiger partial charge in [-0.15, -0.1) is 5.11 Å². The van der Waals surface area contributed by atoms with E-state index in [1.807, 2.05) is 56.3 Å². The van der Waals surface area contributed by atoms with Gasteiger partial charge in [0.1, 0.15) is 5.69 Å². The molecule has 4 heteroatoms. The molecule has 0 saturated heterocycles. The van der Waals surface area contributed by atoms with Gasteiger partial charge in [0.25, 0.3) is 0 Å². The number of benzene rings is 2. The fourth-order valence-corrected chi connectivity index (χ4v) is 1.89. The van der Waals surface area contributed by atoms with Crippen LogP contribution in [0.1, 0.15) is 18.1 Å². The van der Waals surface area contributed by atoms with Crippen LogP contribution in [0, 0.1) is 13.8 Å². The molecule has 0 aliphatic carbocycles. The highest BCUT2D eigenvalue weighted by atomic mass is 16.1. The minimum Gasteiger partial charge on any atom is -0.321 e. The van der Waals surface area contributed by atoms with E-state index in [-0.39, 0.29) is 5.91 Å². The van der Waals surface area contributed by atoms with Gasteiger partial charge in [-0.2, -0.15) is 5.11 Å². The van der Waals surface area contributed by atoms with Gasteiger partial charge < -0.3 is 5.32 Å². The summed E-state index contributed by atoms with van der Waals surface area (Å²) < 4.78 is 0. The zero-order valence-corrected chi connectivity index (χ0v) is 13.0. The molecule has 112 valence electrons. The first kappa shape index (κ1) is 15.6. The lowest BCUT2D eigenvalue weighted by molar-refractivity contribution is -0.111. The molecule has 0 aromatic heterocycles. The molecule has 22 heavy (non-hydrogen) atoms. The molecule has 0 saturated carbocycles. The topological polar surface area (TPSA) is 53.8 Å². The van der Waals surface area contributed by atoms with E-state index in [1.54, 1.807) is 13.0 Å². The van der Waals surface area contributed by atoms with Gasteiger partial charge in [-0.25, -0.2) is 0 Å². The monoisotopic (exact) mass is 293 g/mol. The lowest BCUT2D eigenvalue weighted by Crippen LogP contribution is -2.07. The molecule has 0 aliphatic rings. The Morgan fingerprint density at radius 2 is 1.68 bits per heavy atom. The largest absolute Gasteiger partial charge is 0.321 e. The number of hydrogen-bond acceptors (Lipinski definition) is 3. The molecular formula is C18H19N3O. The fourth-order valence-electron chi connectivity index (χ4n) is 1.89. The van der Waals surface area contributed by atoms with Gasteiger partial charge in [-0.1, -0.05) is 29.8 Å². The summed E-state index contributed by atoms with van der Waals surface area (Å²) >= 11 is 0. The van der Waals surface area contributed by atoms with Crippen molar-refractivity contribution in [2.24, 2.45) is 10.2 Å². The van der Waals surface area contributed by atoms with Crippen LogP contribution in [0.25, 0.3) is 0 Å². The van der Waals surface area contributed by atoms with E-state index in [0.29, 0.717) is 11.4 Å². The van der Waals surface area contributed by atoms with Crippen molar-refractivity contribution >= 4 is 23.0 Å². The average Bonchev–Trinajstić information content (AvgIpc) is 2.48. The molecule has 1 N–H and O–H groups in total. The van der Waals surface area contributed by atoms with Crippen LogP contribution in [-0.2, 0) is 4.79 Å². The number of rotatable bonds is 4. The maximum absolute atomic E-state index is 11.7. The van der Waals surface area contributed by atoms with Crippen molar-refractivity contribution in [2.75, 3.05) is 5.32 Å². The Morgan fingerprint density at radius 3 is 2.36 bits per heavy atom. The molecule has 2 aromatic rings. The lowest BCUT2D eigenvalue weighted by Gasteiger charge is -2.06. The predicted molar refractivity (Wildman–Crippen MR) is 90.0 cm³/mol. The van der Waals surface area contributed by atoms with Crippen molar-refractivity contribution in [3.8, 4) is 0 Å². The third-order valence-corrected chi connectivity index (χ3v) is 3.04. The second kappa shape index (κ2) is 7.31. The standard InChI is InChI=1S/C18H19N3O/c1-4-5-18(22)19-17-12-14(3)8-11-16(17)21-20-15-9-6-13(2)7-10-15/h4-12H,1-3H3,(H,19,22). The number of nitrogens with one attached hydrogen (secondary N) is 1. The molecule has 0 bridgehead atoms. The number of carbonyl (C=O) groups is 1. The second-order valence-corrected chi connectivity index (χ2v) is 5.05. The maximum Gasteiger partial charge on any atom is 0.248 e. The molecule has 0 spiro atoms. The highest BCUT2D eigenvalue weighted by molar-refractivity contribution is 6.01. The van der Waals surface area contributed by atoms with Crippen LogP contribution in [0.4, 0.5) is 17.1 Å². The number of carbonyl (C=O) groups excluding carboxylic acids is 1. The quantitative estimate of drug-likeness (QED) is 0.608. The minimum absolute atomic E-state index is 0.181. The van der Waals surface area contributed by atoms with Crippen LogP contribution in [0.5, 0.6) is 0 Å². The Labute approximate surface area is 130 Å². The summed E-state index contributed by atoms with van der Waals surface area (Å²) in [6.45, 7) is 5.79. The molecule has 4 nitrogen and oxygen atoms in total. The van der Waals surface area contributed by atoms with E-state index < -0.39 is 0 Å². The number of allylic oxidation sites excluding steroid dienone is 1. The molecule has 0 heterocycles. The number of anilines is 1. The zero-order chi connectivity index (χ0) is 15.9. The van der Waals surface area contributed by atoms with Gasteiger partial charge in [0.05, 0.1) is 11.4 Å². The number of azo groups is 1. The zero-order valence-electron chi connectivity index (χ0n) is 13.0. The van der Waals surface area contributed by atoms with Gasteiger partial charge in [0.15, 0.2) is 0 Å². The van der Waals surface area contributed by atoms with Crippen LogP contribution >= 0.6 is 0 Å². The number of aryl methyl sites for hydroxylation is 2. The van der Waals surface area contributed by atoms with Crippen LogP contribution in [0.2, 0.25) is 0 Å². The van der Waals surface area contributed by atoms with Gasteiger partial charge >= 0.3 is 0 Å². The van der Waals surface area contributed by atoms with Crippen LogP contribution < -0.4 is 5.32 Å². The van der Waals surface area contributed by atoms with E-state index in [9.17, 15) is 4.79 Å². The summed E-state index contributed by atoms with van der Waals surface area (Å²) in [5.74, 6) is -0.181.